The van der Waals surface area contributed by atoms with E-state index in [9.17, 15) is 0 Å². The highest BCUT2D eigenvalue weighted by atomic mass is 32.2. The molecule has 0 bridgehead atoms. The van der Waals surface area contributed by atoms with Gasteiger partial charge in [-0.1, -0.05) is 32.4 Å². The van der Waals surface area contributed by atoms with Crippen LogP contribution in [0.15, 0.2) is 34.3 Å². The van der Waals surface area contributed by atoms with E-state index in [0.717, 1.165) is 50.5 Å². The molecule has 0 radical (unpaired) electrons. The quantitative estimate of drug-likeness (QED) is 0.333. The van der Waals surface area contributed by atoms with Crippen molar-refractivity contribution in [1.82, 2.24) is 30.2 Å². The summed E-state index contributed by atoms with van der Waals surface area (Å²) in [7, 11) is 4.37. The summed E-state index contributed by atoms with van der Waals surface area (Å²) in [6.45, 7) is 8.31. The fourth-order valence-electron chi connectivity index (χ4n) is 4.12. The first kappa shape index (κ1) is 26.1. The van der Waals surface area contributed by atoms with Crippen LogP contribution in [-0.4, -0.2) is 82.0 Å². The molecule has 0 saturated carbocycles. The smallest absolute Gasteiger partial charge is 0.0755 e. The number of aromatic nitrogens is 4. The molecule has 6 nitrogen and oxygen atoms in total. The summed E-state index contributed by atoms with van der Waals surface area (Å²) in [4.78, 5) is 7.34. The SMILES string of the molecule is CC.CN1CCC=C(c2[nH]ncc2SCCCCCSc2cn[nH]c2C2=CCCN(C)C2)C1. The van der Waals surface area contributed by atoms with E-state index in [1.54, 1.807) is 0 Å². The lowest BCUT2D eigenvalue weighted by atomic mass is 10.1. The fourth-order valence-corrected chi connectivity index (χ4v) is 6.16. The second-order valence-corrected chi connectivity index (χ2v) is 10.8. The lowest BCUT2D eigenvalue weighted by Crippen LogP contribution is -2.25. The molecule has 0 atom stereocenters. The predicted octanol–water partition coefficient (Wildman–Crippen LogP) is 5.65. The minimum Gasteiger partial charge on any atom is -0.302 e. The predicted molar refractivity (Wildman–Crippen MR) is 144 cm³/mol. The third kappa shape index (κ3) is 7.77. The molecule has 4 heterocycles. The maximum atomic E-state index is 4.31. The van der Waals surface area contributed by atoms with Crippen molar-refractivity contribution in [2.45, 2.75) is 55.7 Å². The number of likely N-dealkylation sites (N-methyl/N-ethyl adjacent to an activating group) is 2. The number of hydrogen-bond donors (Lipinski definition) is 2. The Kier molecular flexibility index (Phi) is 11.1. The Balaban J connectivity index is 0.00000149. The molecule has 0 spiro atoms. The van der Waals surface area contributed by atoms with Gasteiger partial charge in [0.05, 0.1) is 33.6 Å². The number of H-pyrrole nitrogens is 2. The van der Waals surface area contributed by atoms with E-state index in [-0.39, 0.29) is 0 Å². The van der Waals surface area contributed by atoms with Gasteiger partial charge in [0.15, 0.2) is 0 Å². The van der Waals surface area contributed by atoms with Gasteiger partial charge < -0.3 is 9.80 Å². The van der Waals surface area contributed by atoms with Gasteiger partial charge in [0.1, 0.15) is 0 Å². The van der Waals surface area contributed by atoms with Crippen molar-refractivity contribution >= 4 is 34.7 Å². The highest BCUT2D eigenvalue weighted by molar-refractivity contribution is 7.99. The number of rotatable bonds is 10. The Morgan fingerprint density at radius 2 is 1.21 bits per heavy atom. The first-order valence-corrected chi connectivity index (χ1v) is 14.3. The van der Waals surface area contributed by atoms with Crippen molar-refractivity contribution in [2.24, 2.45) is 0 Å². The van der Waals surface area contributed by atoms with Gasteiger partial charge in [-0.05, 0) is 62.4 Å². The van der Waals surface area contributed by atoms with Gasteiger partial charge in [-0.2, -0.15) is 10.2 Å². The van der Waals surface area contributed by atoms with Crippen molar-refractivity contribution < 1.29 is 0 Å². The molecule has 2 aromatic rings. The van der Waals surface area contributed by atoms with Crippen LogP contribution in [-0.2, 0) is 0 Å². The Labute approximate surface area is 208 Å². The number of unbranched alkanes of at least 4 members (excludes halogenated alkanes) is 2. The van der Waals surface area contributed by atoms with E-state index in [4.69, 9.17) is 0 Å². The van der Waals surface area contributed by atoms with Crippen molar-refractivity contribution in [3.63, 3.8) is 0 Å². The minimum atomic E-state index is 1.01. The van der Waals surface area contributed by atoms with Crippen LogP contribution in [0, 0.1) is 0 Å². The summed E-state index contributed by atoms with van der Waals surface area (Å²) >= 11 is 3.88. The summed E-state index contributed by atoms with van der Waals surface area (Å²) in [6.07, 6.45) is 14.7. The molecule has 0 unspecified atom stereocenters. The fraction of sp³-hybridized carbons (Fsp3) is 0.600. The van der Waals surface area contributed by atoms with Crippen LogP contribution < -0.4 is 0 Å². The highest BCUT2D eigenvalue weighted by Gasteiger charge is 2.17. The third-order valence-electron chi connectivity index (χ3n) is 5.84. The minimum absolute atomic E-state index is 1.01. The second kappa shape index (κ2) is 14.0. The van der Waals surface area contributed by atoms with Crippen LogP contribution in [0.25, 0.3) is 11.1 Å². The molecule has 33 heavy (non-hydrogen) atoms. The summed E-state index contributed by atoms with van der Waals surface area (Å²) in [5.41, 5.74) is 5.23. The van der Waals surface area contributed by atoms with Crippen molar-refractivity contribution in [3.8, 4) is 0 Å². The topological polar surface area (TPSA) is 63.8 Å². The molecule has 0 aromatic carbocycles. The Morgan fingerprint density at radius 3 is 1.64 bits per heavy atom. The molecule has 0 fully saturated rings. The molecule has 2 aliphatic rings. The molecule has 2 N–H and O–H groups in total. The zero-order valence-electron chi connectivity index (χ0n) is 20.7. The summed E-state index contributed by atoms with van der Waals surface area (Å²) in [6, 6.07) is 0. The van der Waals surface area contributed by atoms with Gasteiger partial charge >= 0.3 is 0 Å². The van der Waals surface area contributed by atoms with Crippen LogP contribution >= 0.6 is 23.5 Å². The first-order chi connectivity index (χ1) is 16.2. The van der Waals surface area contributed by atoms with E-state index >= 15 is 0 Å². The average Bonchev–Trinajstić information content (AvgIpc) is 3.49. The molecule has 182 valence electrons. The number of aromatic amines is 2. The summed E-state index contributed by atoms with van der Waals surface area (Å²) < 4.78 is 0. The number of nitrogens with zero attached hydrogens (tertiary/aromatic N) is 4. The Hall–Kier alpha value is -1.48. The molecular weight excluding hydrogens is 448 g/mol. The standard InChI is InChI=1S/C23H34N6S2.C2H6/c1-28-10-6-8-18(16-28)22-20(14-24-26-22)30-12-4-3-5-13-31-21-15-25-27-23(21)19-9-7-11-29(2)17-19;1-2/h8-9,14-15H,3-7,10-13,16-17H2,1-2H3,(H,24,26)(H,25,27);1-2H3. The lowest BCUT2D eigenvalue weighted by Gasteiger charge is -2.22. The first-order valence-electron chi connectivity index (χ1n) is 12.3. The Bertz CT molecular complexity index is 828. The van der Waals surface area contributed by atoms with Crippen LogP contribution in [0.1, 0.15) is 57.3 Å². The maximum absolute atomic E-state index is 4.31. The summed E-state index contributed by atoms with van der Waals surface area (Å²) in [5.74, 6) is 2.30. The average molecular weight is 489 g/mol. The Morgan fingerprint density at radius 1 is 0.758 bits per heavy atom. The third-order valence-corrected chi connectivity index (χ3v) is 8.07. The van der Waals surface area contributed by atoms with Crippen LogP contribution in [0.5, 0.6) is 0 Å². The lowest BCUT2D eigenvalue weighted by molar-refractivity contribution is 0.372. The second-order valence-electron chi connectivity index (χ2n) is 8.49. The molecule has 2 aliphatic heterocycles. The highest BCUT2D eigenvalue weighted by Crippen LogP contribution is 2.31. The molecule has 2 aromatic heterocycles. The van der Waals surface area contributed by atoms with Crippen molar-refractivity contribution in [3.05, 3.63) is 35.9 Å². The van der Waals surface area contributed by atoms with E-state index in [1.807, 2.05) is 49.8 Å². The molecule has 8 heteroatoms. The van der Waals surface area contributed by atoms with Crippen LogP contribution in [0.4, 0.5) is 0 Å². The number of nitrogens with one attached hydrogen (secondary N) is 2. The van der Waals surface area contributed by atoms with E-state index in [1.165, 1.54) is 51.6 Å². The van der Waals surface area contributed by atoms with E-state index in [2.05, 4.69) is 56.4 Å². The van der Waals surface area contributed by atoms with Crippen molar-refractivity contribution in [2.75, 3.05) is 51.8 Å². The zero-order valence-corrected chi connectivity index (χ0v) is 22.3. The van der Waals surface area contributed by atoms with Gasteiger partial charge in [-0.3, -0.25) is 10.2 Å². The van der Waals surface area contributed by atoms with Gasteiger partial charge in [-0.15, -0.1) is 23.5 Å². The van der Waals surface area contributed by atoms with Gasteiger partial charge in [0.25, 0.3) is 0 Å². The maximum Gasteiger partial charge on any atom is 0.0755 e. The number of hydrogen-bond acceptors (Lipinski definition) is 6. The van der Waals surface area contributed by atoms with Gasteiger partial charge in [0, 0.05) is 26.2 Å². The molecule has 4 rings (SSSR count). The van der Waals surface area contributed by atoms with Crippen LogP contribution in [0.2, 0.25) is 0 Å². The molecule has 0 saturated heterocycles. The van der Waals surface area contributed by atoms with Gasteiger partial charge in [-0.25, -0.2) is 0 Å². The summed E-state index contributed by atoms with van der Waals surface area (Å²) in [5, 5.41) is 15.1. The monoisotopic (exact) mass is 488 g/mol. The van der Waals surface area contributed by atoms with Crippen LogP contribution in [0.3, 0.4) is 0 Å². The van der Waals surface area contributed by atoms with E-state index in [0.29, 0.717) is 0 Å². The molecule has 0 amide bonds. The largest absolute Gasteiger partial charge is 0.302 e. The van der Waals surface area contributed by atoms with E-state index < -0.39 is 0 Å². The number of thioether (sulfide) groups is 2. The zero-order chi connectivity index (χ0) is 23.5. The molecular formula is C25H40N6S2. The van der Waals surface area contributed by atoms with Gasteiger partial charge in [0.2, 0.25) is 0 Å². The normalized spacial score (nSPS) is 17.3. The van der Waals surface area contributed by atoms with Crippen molar-refractivity contribution in [1.29, 1.82) is 0 Å². The molecule has 0 aliphatic carbocycles.